The van der Waals surface area contributed by atoms with Gasteiger partial charge in [-0.05, 0) is 50.0 Å². The van der Waals surface area contributed by atoms with Crippen LogP contribution >= 0.6 is 11.6 Å². The van der Waals surface area contributed by atoms with Crippen molar-refractivity contribution in [3.05, 3.63) is 34.9 Å². The molecule has 21 heavy (non-hydrogen) atoms. The third-order valence-electron chi connectivity index (χ3n) is 3.94. The first-order valence-electron chi connectivity index (χ1n) is 7.43. The van der Waals surface area contributed by atoms with Crippen molar-refractivity contribution in [1.29, 1.82) is 0 Å². The predicted molar refractivity (Wildman–Crippen MR) is 84.3 cm³/mol. The maximum atomic E-state index is 11.9. The van der Waals surface area contributed by atoms with Crippen LogP contribution in [0.3, 0.4) is 0 Å². The topological polar surface area (TPSA) is 52.6 Å². The van der Waals surface area contributed by atoms with Crippen LogP contribution in [-0.2, 0) is 4.79 Å². The lowest BCUT2D eigenvalue weighted by Gasteiger charge is -2.29. The molecule has 2 rings (SSSR count). The zero-order valence-electron chi connectivity index (χ0n) is 12.4. The molecular formula is C16H23ClN2O2. The highest BCUT2D eigenvalue weighted by Gasteiger charge is 2.19. The largest absolute Gasteiger partial charge is 0.388 e. The number of carbonyl (C=O) groups excluding carboxylic acids is 1. The summed E-state index contributed by atoms with van der Waals surface area (Å²) in [5.74, 6) is 0.408. The first-order chi connectivity index (χ1) is 10.0. The summed E-state index contributed by atoms with van der Waals surface area (Å²) in [5.41, 5.74) is 0.715. The quantitative estimate of drug-likeness (QED) is 0.877. The van der Waals surface area contributed by atoms with E-state index in [1.54, 1.807) is 24.3 Å². The smallest absolute Gasteiger partial charge is 0.222 e. The SMILES string of the molecule is CN1CCCC(CNC(=O)CC(O)c2ccc(Cl)cc2)C1. The molecule has 1 aliphatic rings. The van der Waals surface area contributed by atoms with Gasteiger partial charge in [0.05, 0.1) is 12.5 Å². The van der Waals surface area contributed by atoms with Crippen LogP contribution in [0.5, 0.6) is 0 Å². The average Bonchev–Trinajstić information content (AvgIpc) is 2.46. The van der Waals surface area contributed by atoms with Gasteiger partial charge in [-0.3, -0.25) is 4.79 Å². The van der Waals surface area contributed by atoms with E-state index in [0.717, 1.165) is 19.5 Å². The molecular weight excluding hydrogens is 288 g/mol. The van der Waals surface area contributed by atoms with Crippen LogP contribution in [0, 0.1) is 5.92 Å². The number of piperidine rings is 1. The highest BCUT2D eigenvalue weighted by atomic mass is 35.5. The van der Waals surface area contributed by atoms with E-state index in [2.05, 4.69) is 17.3 Å². The minimum Gasteiger partial charge on any atom is -0.388 e. The highest BCUT2D eigenvalue weighted by molar-refractivity contribution is 6.30. The van der Waals surface area contributed by atoms with Crippen molar-refractivity contribution in [3.8, 4) is 0 Å². The standard InChI is InChI=1S/C16H23ClN2O2/c1-19-8-2-3-12(11-19)10-18-16(21)9-15(20)13-4-6-14(17)7-5-13/h4-7,12,15,20H,2-3,8-11H2,1H3,(H,18,21). The summed E-state index contributed by atoms with van der Waals surface area (Å²) in [5, 5.41) is 13.6. The summed E-state index contributed by atoms with van der Waals surface area (Å²) in [4.78, 5) is 14.2. The summed E-state index contributed by atoms with van der Waals surface area (Å²) in [7, 11) is 2.11. The number of nitrogens with one attached hydrogen (secondary N) is 1. The number of nitrogens with zero attached hydrogens (tertiary/aromatic N) is 1. The molecule has 0 bridgehead atoms. The Bertz CT molecular complexity index is 464. The van der Waals surface area contributed by atoms with Crippen molar-refractivity contribution in [1.82, 2.24) is 10.2 Å². The lowest BCUT2D eigenvalue weighted by Crippen LogP contribution is -2.39. The number of aliphatic hydroxyl groups excluding tert-OH is 1. The first kappa shape index (κ1) is 16.3. The molecule has 0 radical (unpaired) electrons. The molecule has 2 unspecified atom stereocenters. The molecule has 1 heterocycles. The van der Waals surface area contributed by atoms with E-state index in [4.69, 9.17) is 11.6 Å². The molecule has 5 heteroatoms. The number of hydrogen-bond donors (Lipinski definition) is 2. The second-order valence-electron chi connectivity index (χ2n) is 5.85. The van der Waals surface area contributed by atoms with Crippen LogP contribution in [0.25, 0.3) is 0 Å². The Labute approximate surface area is 131 Å². The zero-order valence-corrected chi connectivity index (χ0v) is 13.1. The zero-order chi connectivity index (χ0) is 15.2. The summed E-state index contributed by atoms with van der Waals surface area (Å²) in [6, 6.07) is 6.93. The molecule has 1 saturated heterocycles. The number of rotatable bonds is 5. The fraction of sp³-hybridized carbons (Fsp3) is 0.562. The van der Waals surface area contributed by atoms with E-state index < -0.39 is 6.10 Å². The number of benzene rings is 1. The number of amides is 1. The molecule has 4 nitrogen and oxygen atoms in total. The minimum atomic E-state index is -0.781. The molecule has 1 amide bonds. The van der Waals surface area contributed by atoms with Crippen LogP contribution < -0.4 is 5.32 Å². The van der Waals surface area contributed by atoms with Gasteiger partial charge in [-0.25, -0.2) is 0 Å². The van der Waals surface area contributed by atoms with Gasteiger partial charge in [-0.1, -0.05) is 23.7 Å². The predicted octanol–water partition coefficient (Wildman–Crippen LogP) is 2.22. The third kappa shape index (κ3) is 5.30. The summed E-state index contributed by atoms with van der Waals surface area (Å²) < 4.78 is 0. The van der Waals surface area contributed by atoms with Crippen LogP contribution in [0.1, 0.15) is 30.9 Å². The second-order valence-corrected chi connectivity index (χ2v) is 6.28. The van der Waals surface area contributed by atoms with E-state index in [-0.39, 0.29) is 12.3 Å². The van der Waals surface area contributed by atoms with Crippen molar-refractivity contribution in [3.63, 3.8) is 0 Å². The molecule has 0 aliphatic carbocycles. The van der Waals surface area contributed by atoms with Gasteiger partial charge in [0.25, 0.3) is 0 Å². The number of hydrogen-bond acceptors (Lipinski definition) is 3. The maximum absolute atomic E-state index is 11.9. The normalized spacial score (nSPS) is 21.0. The van der Waals surface area contributed by atoms with Gasteiger partial charge in [0, 0.05) is 18.1 Å². The Morgan fingerprint density at radius 1 is 1.48 bits per heavy atom. The monoisotopic (exact) mass is 310 g/mol. The number of carbonyl (C=O) groups is 1. The van der Waals surface area contributed by atoms with Gasteiger partial charge in [-0.2, -0.15) is 0 Å². The first-order valence-corrected chi connectivity index (χ1v) is 7.81. The van der Waals surface area contributed by atoms with Gasteiger partial charge in [-0.15, -0.1) is 0 Å². The molecule has 0 aromatic heterocycles. The van der Waals surface area contributed by atoms with E-state index >= 15 is 0 Å². The number of halogens is 1. The highest BCUT2D eigenvalue weighted by Crippen LogP contribution is 2.19. The van der Waals surface area contributed by atoms with Crippen molar-refractivity contribution in [2.75, 3.05) is 26.7 Å². The Kier molecular flexibility index (Phi) is 6.03. The van der Waals surface area contributed by atoms with Crippen LogP contribution in [-0.4, -0.2) is 42.6 Å². The summed E-state index contributed by atoms with van der Waals surface area (Å²) in [6.45, 7) is 2.86. The van der Waals surface area contributed by atoms with E-state index in [1.165, 1.54) is 6.42 Å². The molecule has 1 aliphatic heterocycles. The van der Waals surface area contributed by atoms with Gasteiger partial charge in [0.1, 0.15) is 0 Å². The number of likely N-dealkylation sites (tertiary alicyclic amines) is 1. The third-order valence-corrected chi connectivity index (χ3v) is 4.20. The van der Waals surface area contributed by atoms with Crippen molar-refractivity contribution in [2.45, 2.75) is 25.4 Å². The average molecular weight is 311 g/mol. The Balaban J connectivity index is 1.74. The van der Waals surface area contributed by atoms with E-state index in [0.29, 0.717) is 23.0 Å². The fourth-order valence-electron chi connectivity index (χ4n) is 2.75. The van der Waals surface area contributed by atoms with Crippen molar-refractivity contribution < 1.29 is 9.90 Å². The lowest BCUT2D eigenvalue weighted by molar-refractivity contribution is -0.123. The molecule has 1 aromatic carbocycles. The van der Waals surface area contributed by atoms with E-state index in [1.807, 2.05) is 0 Å². The van der Waals surface area contributed by atoms with Crippen molar-refractivity contribution >= 4 is 17.5 Å². The van der Waals surface area contributed by atoms with Gasteiger partial charge >= 0.3 is 0 Å². The van der Waals surface area contributed by atoms with Crippen LogP contribution in [0.4, 0.5) is 0 Å². The van der Waals surface area contributed by atoms with Crippen LogP contribution in [0.2, 0.25) is 5.02 Å². The maximum Gasteiger partial charge on any atom is 0.222 e. The number of aliphatic hydroxyl groups is 1. The molecule has 1 fully saturated rings. The second kappa shape index (κ2) is 7.78. The molecule has 2 atom stereocenters. The minimum absolute atomic E-state index is 0.0875. The molecule has 2 N–H and O–H groups in total. The molecule has 0 saturated carbocycles. The fourth-order valence-corrected chi connectivity index (χ4v) is 2.87. The summed E-state index contributed by atoms with van der Waals surface area (Å²) in [6.07, 6.45) is 1.65. The Morgan fingerprint density at radius 2 is 2.19 bits per heavy atom. The van der Waals surface area contributed by atoms with Crippen LogP contribution in [0.15, 0.2) is 24.3 Å². The van der Waals surface area contributed by atoms with Crippen molar-refractivity contribution in [2.24, 2.45) is 5.92 Å². The van der Waals surface area contributed by atoms with Gasteiger partial charge < -0.3 is 15.3 Å². The lowest BCUT2D eigenvalue weighted by atomic mass is 9.98. The summed E-state index contributed by atoms with van der Waals surface area (Å²) >= 11 is 5.80. The molecule has 116 valence electrons. The molecule has 0 spiro atoms. The molecule has 1 aromatic rings. The van der Waals surface area contributed by atoms with Gasteiger partial charge in [0.15, 0.2) is 0 Å². The Hall–Kier alpha value is -1.10. The Morgan fingerprint density at radius 3 is 2.86 bits per heavy atom. The van der Waals surface area contributed by atoms with E-state index in [9.17, 15) is 9.90 Å². The van der Waals surface area contributed by atoms with Gasteiger partial charge in [0.2, 0.25) is 5.91 Å².